The summed E-state index contributed by atoms with van der Waals surface area (Å²) in [7, 11) is -1.39. The lowest BCUT2D eigenvalue weighted by Crippen LogP contribution is -2.33. The summed E-state index contributed by atoms with van der Waals surface area (Å²) >= 11 is 0. The zero-order valence-corrected chi connectivity index (χ0v) is 14.0. The first kappa shape index (κ1) is 16.8. The molecule has 11 heteroatoms. The summed E-state index contributed by atoms with van der Waals surface area (Å²) in [5.74, 6) is 0.405. The summed E-state index contributed by atoms with van der Waals surface area (Å²) in [6.45, 7) is 0. The number of nitro groups is 1. The van der Waals surface area contributed by atoms with Crippen LogP contribution in [0.2, 0.25) is 0 Å². The summed E-state index contributed by atoms with van der Waals surface area (Å²) in [6, 6.07) is 7.27. The molecule has 1 atom stereocenters. The van der Waals surface area contributed by atoms with E-state index in [0.29, 0.717) is 12.1 Å². The van der Waals surface area contributed by atoms with Gasteiger partial charge in [-0.3, -0.25) is 10.1 Å². The minimum absolute atomic E-state index is 0.0127. The third-order valence-corrected chi connectivity index (χ3v) is 5.83. The molecule has 0 aliphatic carbocycles. The third-order valence-electron chi connectivity index (χ3n) is 4.08. The summed E-state index contributed by atoms with van der Waals surface area (Å²) in [4.78, 5) is 13.1. The van der Waals surface area contributed by atoms with Crippen molar-refractivity contribution in [2.75, 3.05) is 23.5 Å². The van der Waals surface area contributed by atoms with E-state index >= 15 is 0 Å². The normalized spacial score (nSPS) is 18.6. The predicted molar refractivity (Wildman–Crippen MR) is 88.2 cm³/mol. The molecule has 0 saturated carbocycles. The van der Waals surface area contributed by atoms with Gasteiger partial charge >= 0.3 is 0 Å². The Bertz CT molecular complexity index is 960. The van der Waals surface area contributed by atoms with Crippen LogP contribution in [0.4, 0.5) is 11.5 Å². The van der Waals surface area contributed by atoms with Gasteiger partial charge in [-0.25, -0.2) is 8.42 Å². The number of nitrogens with zero attached hydrogens (tertiary/aromatic N) is 6. The Kier molecular flexibility index (Phi) is 4.13. The predicted octanol–water partition coefficient (Wildman–Crippen LogP) is 0.670. The Hall–Kier alpha value is -3.00. The van der Waals surface area contributed by atoms with Crippen molar-refractivity contribution in [1.82, 2.24) is 15.0 Å². The van der Waals surface area contributed by atoms with Crippen LogP contribution in [0.5, 0.6) is 0 Å². The van der Waals surface area contributed by atoms with Gasteiger partial charge in [0.1, 0.15) is 6.07 Å². The molecular formula is C14H14N6O4S. The van der Waals surface area contributed by atoms with Gasteiger partial charge in [-0.15, -0.1) is 15.0 Å². The van der Waals surface area contributed by atoms with Gasteiger partial charge < -0.3 is 4.90 Å². The summed E-state index contributed by atoms with van der Waals surface area (Å²) < 4.78 is 23.3. The van der Waals surface area contributed by atoms with Crippen molar-refractivity contribution < 1.29 is 13.3 Å². The van der Waals surface area contributed by atoms with Crippen molar-refractivity contribution in [3.8, 4) is 11.8 Å². The molecule has 2 aromatic rings. The molecule has 1 fully saturated rings. The minimum Gasteiger partial charge on any atom is -0.352 e. The second-order valence-corrected chi connectivity index (χ2v) is 7.94. The summed E-state index contributed by atoms with van der Waals surface area (Å²) in [5.41, 5.74) is 0.455. The molecule has 1 aromatic carbocycles. The van der Waals surface area contributed by atoms with Crippen molar-refractivity contribution in [3.05, 3.63) is 40.1 Å². The minimum atomic E-state index is -3.07. The van der Waals surface area contributed by atoms with Crippen molar-refractivity contribution in [2.45, 2.75) is 12.5 Å². The monoisotopic (exact) mass is 362 g/mol. The molecule has 2 heterocycles. The smallest absolute Gasteiger partial charge is 0.269 e. The van der Waals surface area contributed by atoms with Gasteiger partial charge in [0.05, 0.1) is 22.1 Å². The summed E-state index contributed by atoms with van der Waals surface area (Å²) in [6.07, 6.45) is 0.466. The van der Waals surface area contributed by atoms with Crippen LogP contribution in [0.1, 0.15) is 12.1 Å². The average Bonchev–Trinajstić information content (AvgIpc) is 3.17. The lowest BCUT2D eigenvalue weighted by atomic mass is 10.2. The molecule has 25 heavy (non-hydrogen) atoms. The van der Waals surface area contributed by atoms with Gasteiger partial charge in [-0.1, -0.05) is 0 Å². The number of hydrogen-bond donors (Lipinski definition) is 0. The lowest BCUT2D eigenvalue weighted by Gasteiger charge is -2.22. The molecule has 0 spiro atoms. The number of nitriles is 1. The fraction of sp³-hybridized carbons (Fsp3) is 0.357. The molecule has 0 amide bonds. The van der Waals surface area contributed by atoms with E-state index < -0.39 is 14.8 Å². The molecule has 0 bridgehead atoms. The highest BCUT2D eigenvalue weighted by Crippen LogP contribution is 2.24. The number of hydrogen-bond acceptors (Lipinski definition) is 8. The van der Waals surface area contributed by atoms with Crippen LogP contribution in [0.15, 0.2) is 24.3 Å². The maximum Gasteiger partial charge on any atom is 0.269 e. The van der Waals surface area contributed by atoms with E-state index in [2.05, 4.69) is 10.2 Å². The van der Waals surface area contributed by atoms with E-state index in [1.807, 2.05) is 6.07 Å². The highest BCUT2D eigenvalue weighted by atomic mass is 32.2. The van der Waals surface area contributed by atoms with Gasteiger partial charge in [0.15, 0.2) is 15.7 Å². The van der Waals surface area contributed by atoms with Crippen LogP contribution >= 0.6 is 0 Å². The fourth-order valence-electron chi connectivity index (χ4n) is 2.69. The van der Waals surface area contributed by atoms with Crippen LogP contribution in [-0.4, -0.2) is 52.9 Å². The van der Waals surface area contributed by atoms with Crippen LogP contribution < -0.4 is 4.90 Å². The van der Waals surface area contributed by atoms with Crippen LogP contribution in [0.25, 0.3) is 5.69 Å². The average molecular weight is 362 g/mol. The molecule has 130 valence electrons. The standard InChI is InChI=1S/C14H14N6O4S/c1-18(12-6-7-25(23,24)9-12)14-13(8-15)16-19(17-14)10-2-4-11(5-3-10)20(21)22/h2-5,12H,6-7,9H2,1H3. The Morgan fingerprint density at radius 1 is 1.36 bits per heavy atom. The largest absolute Gasteiger partial charge is 0.352 e. The topological polar surface area (TPSA) is 135 Å². The molecule has 0 N–H and O–H groups in total. The zero-order chi connectivity index (χ0) is 18.2. The Labute approximate surface area is 143 Å². The van der Waals surface area contributed by atoms with Gasteiger partial charge in [0, 0.05) is 25.2 Å². The second-order valence-electron chi connectivity index (χ2n) is 5.71. The number of sulfone groups is 1. The first-order chi connectivity index (χ1) is 11.8. The van der Waals surface area contributed by atoms with E-state index in [4.69, 9.17) is 0 Å². The van der Waals surface area contributed by atoms with E-state index in [9.17, 15) is 23.8 Å². The number of non-ortho nitro benzene ring substituents is 1. The lowest BCUT2D eigenvalue weighted by molar-refractivity contribution is -0.384. The quantitative estimate of drug-likeness (QED) is 0.572. The van der Waals surface area contributed by atoms with Crippen molar-refractivity contribution >= 4 is 21.3 Å². The van der Waals surface area contributed by atoms with Crippen LogP contribution in [0, 0.1) is 21.4 Å². The highest BCUT2D eigenvalue weighted by Gasteiger charge is 2.33. The van der Waals surface area contributed by atoms with Crippen LogP contribution in [-0.2, 0) is 9.84 Å². The van der Waals surface area contributed by atoms with Gasteiger partial charge in [-0.2, -0.15) is 5.26 Å². The fourth-order valence-corrected chi connectivity index (χ4v) is 4.46. The Balaban J connectivity index is 1.92. The Morgan fingerprint density at radius 2 is 2.04 bits per heavy atom. The molecule has 0 radical (unpaired) electrons. The van der Waals surface area contributed by atoms with E-state index in [1.54, 1.807) is 11.9 Å². The third kappa shape index (κ3) is 3.29. The van der Waals surface area contributed by atoms with Gasteiger partial charge in [-0.05, 0) is 18.6 Å². The maximum atomic E-state index is 11.7. The van der Waals surface area contributed by atoms with E-state index in [0.717, 1.165) is 0 Å². The molecule has 10 nitrogen and oxygen atoms in total. The zero-order valence-electron chi connectivity index (χ0n) is 13.2. The van der Waals surface area contributed by atoms with Gasteiger partial charge in [0.25, 0.3) is 5.69 Å². The summed E-state index contributed by atoms with van der Waals surface area (Å²) in [5, 5.41) is 28.3. The van der Waals surface area contributed by atoms with Gasteiger partial charge in [0.2, 0.25) is 5.69 Å². The molecule has 1 aliphatic rings. The number of anilines is 1. The SMILES string of the molecule is CN(c1nn(-c2ccc([N+](=O)[O-])cc2)nc1C#N)C1CCS(=O)(=O)C1. The first-order valence-corrected chi connectivity index (χ1v) is 9.18. The number of aromatic nitrogens is 3. The maximum absolute atomic E-state index is 11.7. The van der Waals surface area contributed by atoms with Crippen LogP contribution in [0.3, 0.4) is 0 Å². The van der Waals surface area contributed by atoms with E-state index in [1.165, 1.54) is 29.1 Å². The molecule has 1 unspecified atom stereocenters. The molecular weight excluding hydrogens is 348 g/mol. The van der Waals surface area contributed by atoms with Crippen molar-refractivity contribution in [3.63, 3.8) is 0 Å². The molecule has 3 rings (SSSR count). The molecule has 1 aromatic heterocycles. The molecule has 1 aliphatic heterocycles. The number of rotatable bonds is 4. The number of benzene rings is 1. The number of nitro benzene ring substituents is 1. The highest BCUT2D eigenvalue weighted by molar-refractivity contribution is 7.91. The Morgan fingerprint density at radius 3 is 2.56 bits per heavy atom. The van der Waals surface area contributed by atoms with Crippen molar-refractivity contribution in [1.29, 1.82) is 5.26 Å². The second kappa shape index (κ2) is 6.14. The van der Waals surface area contributed by atoms with Crippen molar-refractivity contribution in [2.24, 2.45) is 0 Å². The molecule has 1 saturated heterocycles. The first-order valence-electron chi connectivity index (χ1n) is 7.36. The van der Waals surface area contributed by atoms with E-state index in [-0.39, 0.29) is 34.7 Å².